The summed E-state index contributed by atoms with van der Waals surface area (Å²) in [5.74, 6) is 0.890. The third kappa shape index (κ3) is 4.03. The van der Waals surface area contributed by atoms with Gasteiger partial charge in [-0.05, 0) is 36.4 Å². The van der Waals surface area contributed by atoms with Crippen molar-refractivity contribution < 1.29 is 18.7 Å². The van der Waals surface area contributed by atoms with Gasteiger partial charge in [-0.3, -0.25) is 4.79 Å². The van der Waals surface area contributed by atoms with E-state index in [1.807, 2.05) is 42.5 Å². The van der Waals surface area contributed by atoms with Gasteiger partial charge in [0.15, 0.2) is 0 Å². The predicted octanol–water partition coefficient (Wildman–Crippen LogP) is 4.93. The fourth-order valence-electron chi connectivity index (χ4n) is 3.05. The van der Waals surface area contributed by atoms with E-state index in [9.17, 15) is 4.79 Å². The van der Waals surface area contributed by atoms with Crippen molar-refractivity contribution in [3.8, 4) is 11.5 Å². The van der Waals surface area contributed by atoms with Crippen molar-refractivity contribution in [2.45, 2.75) is 0 Å². The van der Waals surface area contributed by atoms with Crippen molar-refractivity contribution in [3.63, 3.8) is 0 Å². The summed E-state index contributed by atoms with van der Waals surface area (Å²) in [5.41, 5.74) is 2.30. The lowest BCUT2D eigenvalue weighted by atomic mass is 10.1. The molecule has 0 aliphatic heterocycles. The van der Waals surface area contributed by atoms with E-state index in [-0.39, 0.29) is 11.5 Å². The first-order valence-corrected chi connectivity index (χ1v) is 9.34. The fraction of sp³-hybridized carbons (Fsp3) is 0.0833. The van der Waals surface area contributed by atoms with E-state index in [0.717, 1.165) is 5.39 Å². The summed E-state index contributed by atoms with van der Waals surface area (Å²) >= 11 is 0. The predicted molar refractivity (Wildman–Crippen MR) is 115 cm³/mol. The minimum atomic E-state index is -0.341. The van der Waals surface area contributed by atoms with Gasteiger partial charge in [0, 0.05) is 17.1 Å². The highest BCUT2D eigenvalue weighted by atomic mass is 16.5. The normalized spacial score (nSPS) is 11.3. The highest BCUT2D eigenvalue weighted by Gasteiger charge is 2.14. The summed E-state index contributed by atoms with van der Waals surface area (Å²) in [6.07, 6.45) is 0. The van der Waals surface area contributed by atoms with Gasteiger partial charge in [-0.25, -0.2) is 4.99 Å². The maximum atomic E-state index is 13.1. The number of anilines is 1. The van der Waals surface area contributed by atoms with Gasteiger partial charge in [-0.1, -0.05) is 36.4 Å². The summed E-state index contributed by atoms with van der Waals surface area (Å²) in [7, 11) is 3.15. The van der Waals surface area contributed by atoms with Crippen LogP contribution in [-0.4, -0.2) is 20.1 Å². The number of methoxy groups -OCH3 is 2. The Morgan fingerprint density at radius 3 is 2.53 bits per heavy atom. The molecule has 0 atom stereocenters. The second-order valence-corrected chi connectivity index (χ2v) is 6.47. The number of para-hydroxylation sites is 3. The molecule has 150 valence electrons. The lowest BCUT2D eigenvalue weighted by Gasteiger charge is -2.09. The number of hydrogen-bond acceptors (Lipinski definition) is 5. The van der Waals surface area contributed by atoms with Crippen LogP contribution in [0.3, 0.4) is 0 Å². The molecule has 1 N–H and O–H groups in total. The van der Waals surface area contributed by atoms with Crippen LogP contribution in [0.5, 0.6) is 11.5 Å². The molecule has 0 saturated heterocycles. The van der Waals surface area contributed by atoms with E-state index in [2.05, 4.69) is 10.3 Å². The topological polar surface area (TPSA) is 73.1 Å². The number of benzene rings is 3. The highest BCUT2D eigenvalue weighted by molar-refractivity contribution is 6.05. The van der Waals surface area contributed by atoms with Crippen LogP contribution in [0.1, 0.15) is 10.4 Å². The van der Waals surface area contributed by atoms with Crippen molar-refractivity contribution >= 4 is 28.3 Å². The number of carbonyl (C=O) groups is 1. The maximum absolute atomic E-state index is 13.1. The van der Waals surface area contributed by atoms with Gasteiger partial charge in [0.1, 0.15) is 28.3 Å². The smallest absolute Gasteiger partial charge is 0.261 e. The van der Waals surface area contributed by atoms with Crippen molar-refractivity contribution in [1.82, 2.24) is 0 Å². The Morgan fingerprint density at radius 1 is 0.900 bits per heavy atom. The third-order valence-corrected chi connectivity index (χ3v) is 4.54. The second-order valence-electron chi connectivity index (χ2n) is 6.47. The van der Waals surface area contributed by atoms with E-state index < -0.39 is 0 Å². The fourth-order valence-corrected chi connectivity index (χ4v) is 3.05. The number of nitrogens with zero attached hydrogens (tertiary/aromatic N) is 1. The van der Waals surface area contributed by atoms with Crippen LogP contribution in [-0.2, 0) is 0 Å². The summed E-state index contributed by atoms with van der Waals surface area (Å²) < 4.78 is 16.6. The molecule has 3 aromatic carbocycles. The molecule has 1 heterocycles. The molecule has 4 rings (SSSR count). The van der Waals surface area contributed by atoms with Gasteiger partial charge in [0.25, 0.3) is 5.91 Å². The molecule has 0 bridgehead atoms. The van der Waals surface area contributed by atoms with E-state index in [1.165, 1.54) is 0 Å². The van der Waals surface area contributed by atoms with Crippen molar-refractivity contribution in [2.75, 3.05) is 19.5 Å². The number of fused-ring (bicyclic) bond motifs is 1. The van der Waals surface area contributed by atoms with Gasteiger partial charge in [0.05, 0.1) is 14.2 Å². The molecule has 0 spiro atoms. The molecular weight excluding hydrogens is 380 g/mol. The molecule has 1 amide bonds. The highest BCUT2D eigenvalue weighted by Crippen LogP contribution is 2.26. The molecule has 1 aromatic heterocycles. The van der Waals surface area contributed by atoms with Crippen molar-refractivity contribution in [3.05, 3.63) is 90.0 Å². The van der Waals surface area contributed by atoms with E-state index >= 15 is 0 Å². The summed E-state index contributed by atoms with van der Waals surface area (Å²) in [4.78, 5) is 17.7. The minimum absolute atomic E-state index is 0.193. The largest absolute Gasteiger partial charge is 0.497 e. The summed E-state index contributed by atoms with van der Waals surface area (Å²) in [6, 6.07) is 23.7. The third-order valence-electron chi connectivity index (χ3n) is 4.54. The van der Waals surface area contributed by atoms with Gasteiger partial charge < -0.3 is 19.2 Å². The molecule has 0 fully saturated rings. The Morgan fingerprint density at radius 2 is 1.70 bits per heavy atom. The zero-order valence-electron chi connectivity index (χ0n) is 16.6. The molecule has 6 heteroatoms. The quantitative estimate of drug-likeness (QED) is 0.515. The second kappa shape index (κ2) is 8.53. The van der Waals surface area contributed by atoms with E-state index in [1.54, 1.807) is 50.6 Å². The zero-order valence-corrected chi connectivity index (χ0v) is 16.6. The lowest BCUT2D eigenvalue weighted by molar-refractivity contribution is 0.102. The minimum Gasteiger partial charge on any atom is -0.497 e. The molecule has 0 radical (unpaired) electrons. The SMILES string of the molecule is COc1cccc(NC(=O)c2cc3ccccc3oc2=Nc2ccccc2OC)c1. The Balaban J connectivity index is 1.84. The number of ether oxygens (including phenoxy) is 2. The molecular formula is C24H20N2O4. The molecule has 30 heavy (non-hydrogen) atoms. The first-order chi connectivity index (χ1) is 14.7. The van der Waals surface area contributed by atoms with Gasteiger partial charge in [-0.15, -0.1) is 0 Å². The van der Waals surface area contributed by atoms with Gasteiger partial charge >= 0.3 is 0 Å². The monoisotopic (exact) mass is 400 g/mol. The van der Waals surface area contributed by atoms with Gasteiger partial charge in [0.2, 0.25) is 5.55 Å². The standard InChI is InChI=1S/C24H20N2O4/c1-28-18-10-7-9-17(15-18)25-23(27)19-14-16-8-3-5-12-21(16)30-24(19)26-20-11-4-6-13-22(20)29-2/h3-15H,1-2H3,(H,25,27). The Labute approximate surface area is 173 Å². The van der Waals surface area contributed by atoms with Crippen molar-refractivity contribution in [1.29, 1.82) is 0 Å². The van der Waals surface area contributed by atoms with E-state index in [0.29, 0.717) is 34.0 Å². The van der Waals surface area contributed by atoms with Crippen LogP contribution in [0.4, 0.5) is 11.4 Å². The molecule has 4 aromatic rings. The number of carbonyl (C=O) groups excluding carboxylic acids is 1. The average Bonchev–Trinajstić information content (AvgIpc) is 2.79. The number of amides is 1. The number of nitrogens with one attached hydrogen (secondary N) is 1. The molecule has 0 aliphatic carbocycles. The van der Waals surface area contributed by atoms with Gasteiger partial charge in [-0.2, -0.15) is 0 Å². The van der Waals surface area contributed by atoms with Crippen LogP contribution < -0.4 is 20.3 Å². The molecule has 0 aliphatic rings. The molecule has 6 nitrogen and oxygen atoms in total. The Bertz CT molecular complexity index is 1280. The van der Waals surface area contributed by atoms with Crippen LogP contribution in [0.2, 0.25) is 0 Å². The lowest BCUT2D eigenvalue weighted by Crippen LogP contribution is -2.21. The number of hydrogen-bond donors (Lipinski definition) is 1. The maximum Gasteiger partial charge on any atom is 0.261 e. The first kappa shape index (κ1) is 19.3. The van der Waals surface area contributed by atoms with E-state index in [4.69, 9.17) is 13.9 Å². The van der Waals surface area contributed by atoms with Crippen LogP contribution in [0.15, 0.2) is 88.3 Å². The molecule has 0 saturated carbocycles. The number of rotatable bonds is 5. The summed E-state index contributed by atoms with van der Waals surface area (Å²) in [5, 5.41) is 3.68. The van der Waals surface area contributed by atoms with Crippen LogP contribution in [0.25, 0.3) is 11.0 Å². The summed E-state index contributed by atoms with van der Waals surface area (Å²) in [6.45, 7) is 0. The Hall–Kier alpha value is -4.06. The Kier molecular flexibility index (Phi) is 5.48. The zero-order chi connectivity index (χ0) is 20.9. The first-order valence-electron chi connectivity index (χ1n) is 9.34. The molecule has 0 unspecified atom stereocenters. The van der Waals surface area contributed by atoms with Crippen LogP contribution >= 0.6 is 0 Å². The average molecular weight is 400 g/mol. The van der Waals surface area contributed by atoms with Crippen molar-refractivity contribution in [2.24, 2.45) is 4.99 Å². The van der Waals surface area contributed by atoms with Crippen LogP contribution in [0, 0.1) is 0 Å².